The number of aliphatic hydroxyl groups is 1. The first-order valence-electron chi connectivity index (χ1n) is 8.78. The Hall–Kier alpha value is -2.38. The van der Waals surface area contributed by atoms with E-state index in [9.17, 15) is 18.3 Å². The zero-order valence-electron chi connectivity index (χ0n) is 15.1. The summed E-state index contributed by atoms with van der Waals surface area (Å²) in [6.07, 6.45) is 2.33. The highest BCUT2D eigenvalue weighted by molar-refractivity contribution is 7.90. The van der Waals surface area contributed by atoms with Gasteiger partial charge in [-0.25, -0.2) is 8.42 Å². The van der Waals surface area contributed by atoms with Crippen molar-refractivity contribution in [3.05, 3.63) is 59.7 Å². The van der Waals surface area contributed by atoms with Crippen LogP contribution in [0, 0.1) is 0 Å². The summed E-state index contributed by atoms with van der Waals surface area (Å²) in [6.45, 7) is 0.523. The predicted octanol–water partition coefficient (Wildman–Crippen LogP) is 1.81. The van der Waals surface area contributed by atoms with Crippen molar-refractivity contribution < 1.29 is 23.1 Å². The minimum atomic E-state index is -3.22. The van der Waals surface area contributed by atoms with Crippen molar-refractivity contribution in [2.75, 3.05) is 19.4 Å². The van der Waals surface area contributed by atoms with E-state index in [4.69, 9.17) is 4.74 Å². The van der Waals surface area contributed by atoms with Crippen LogP contribution in [0.1, 0.15) is 24.0 Å². The number of carbonyl (C=O) groups is 1. The minimum absolute atomic E-state index is 0.124. The van der Waals surface area contributed by atoms with Gasteiger partial charge < -0.3 is 15.2 Å². The molecule has 1 aliphatic heterocycles. The first kappa shape index (κ1) is 19.4. The van der Waals surface area contributed by atoms with E-state index < -0.39 is 15.4 Å². The smallest absolute Gasteiger partial charge is 0.220 e. The Labute approximate surface area is 159 Å². The number of benzene rings is 2. The second-order valence-electron chi connectivity index (χ2n) is 6.82. The van der Waals surface area contributed by atoms with Gasteiger partial charge in [-0.15, -0.1) is 0 Å². The minimum Gasteiger partial charge on any atom is -0.493 e. The summed E-state index contributed by atoms with van der Waals surface area (Å²) in [5.41, 5.74) is 0.433. The average Bonchev–Trinajstić information content (AvgIpc) is 2.65. The van der Waals surface area contributed by atoms with Crippen LogP contribution >= 0.6 is 0 Å². The second kappa shape index (κ2) is 7.70. The molecule has 2 aromatic carbocycles. The van der Waals surface area contributed by atoms with Crippen LogP contribution in [0.25, 0.3) is 0 Å². The molecule has 1 unspecified atom stereocenters. The molecule has 0 aliphatic carbocycles. The van der Waals surface area contributed by atoms with E-state index in [1.54, 1.807) is 30.3 Å². The van der Waals surface area contributed by atoms with Gasteiger partial charge in [0.1, 0.15) is 11.4 Å². The van der Waals surface area contributed by atoms with Crippen LogP contribution in [0.5, 0.6) is 5.75 Å². The highest BCUT2D eigenvalue weighted by Crippen LogP contribution is 2.36. The molecule has 0 fully saturated rings. The normalized spacial score (nSPS) is 19.0. The molecule has 0 spiro atoms. The lowest BCUT2D eigenvalue weighted by atomic mass is 9.88. The third-order valence-corrected chi connectivity index (χ3v) is 5.86. The van der Waals surface area contributed by atoms with Crippen molar-refractivity contribution in [2.24, 2.45) is 0 Å². The molecule has 1 atom stereocenters. The Balaban J connectivity index is 1.55. The monoisotopic (exact) mass is 389 g/mol. The van der Waals surface area contributed by atoms with Crippen LogP contribution in [0.15, 0.2) is 53.4 Å². The van der Waals surface area contributed by atoms with E-state index >= 15 is 0 Å². The van der Waals surface area contributed by atoms with Crippen molar-refractivity contribution in [3.8, 4) is 5.75 Å². The molecule has 0 radical (unpaired) electrons. The van der Waals surface area contributed by atoms with Gasteiger partial charge >= 0.3 is 0 Å². The first-order chi connectivity index (χ1) is 12.8. The van der Waals surface area contributed by atoms with Crippen LogP contribution in [-0.4, -0.2) is 38.8 Å². The van der Waals surface area contributed by atoms with Gasteiger partial charge in [-0.05, 0) is 30.2 Å². The maximum Gasteiger partial charge on any atom is 0.220 e. The third-order valence-electron chi connectivity index (χ3n) is 4.73. The number of sulfone groups is 1. The van der Waals surface area contributed by atoms with Crippen LogP contribution in [0.4, 0.5) is 0 Å². The lowest BCUT2D eigenvalue weighted by molar-refractivity contribution is -0.122. The molecule has 0 saturated heterocycles. The Morgan fingerprint density at radius 2 is 1.89 bits per heavy atom. The fraction of sp³-hybridized carbons (Fsp3) is 0.350. The molecule has 0 aromatic heterocycles. The number of hydrogen-bond acceptors (Lipinski definition) is 5. The summed E-state index contributed by atoms with van der Waals surface area (Å²) in [5, 5.41) is 13.7. The van der Waals surface area contributed by atoms with E-state index in [1.807, 2.05) is 18.2 Å². The highest BCUT2D eigenvalue weighted by atomic mass is 32.2. The van der Waals surface area contributed by atoms with Gasteiger partial charge in [-0.1, -0.05) is 30.3 Å². The molecular weight excluding hydrogens is 366 g/mol. The SMILES string of the molecule is CS(=O)(=O)c1ccc(CCC(=O)NCC2(O)CCOc3ccccc32)cc1. The Kier molecular flexibility index (Phi) is 5.53. The third kappa shape index (κ3) is 4.67. The van der Waals surface area contributed by atoms with E-state index in [2.05, 4.69) is 5.32 Å². The maximum absolute atomic E-state index is 12.2. The van der Waals surface area contributed by atoms with E-state index in [0.29, 0.717) is 30.8 Å². The van der Waals surface area contributed by atoms with Crippen LogP contribution in [0.3, 0.4) is 0 Å². The van der Waals surface area contributed by atoms with E-state index in [0.717, 1.165) is 11.8 Å². The van der Waals surface area contributed by atoms with E-state index in [1.165, 1.54) is 0 Å². The number of hydrogen-bond donors (Lipinski definition) is 2. The lowest BCUT2D eigenvalue weighted by Crippen LogP contribution is -2.43. The first-order valence-corrected chi connectivity index (χ1v) is 10.7. The van der Waals surface area contributed by atoms with Crippen LogP contribution in [0.2, 0.25) is 0 Å². The molecule has 7 heteroatoms. The number of amides is 1. The maximum atomic E-state index is 12.2. The van der Waals surface area contributed by atoms with Gasteiger partial charge in [0.2, 0.25) is 5.91 Å². The number of rotatable bonds is 6. The molecule has 144 valence electrons. The molecule has 1 aliphatic rings. The number of nitrogens with one attached hydrogen (secondary N) is 1. The molecular formula is C20H23NO5S. The summed E-state index contributed by atoms with van der Waals surface area (Å²) >= 11 is 0. The van der Waals surface area contributed by atoms with Gasteiger partial charge in [0, 0.05) is 24.7 Å². The zero-order chi connectivity index (χ0) is 19.5. The number of para-hydroxylation sites is 1. The summed E-state index contributed by atoms with van der Waals surface area (Å²) in [6, 6.07) is 13.8. The number of aryl methyl sites for hydroxylation is 1. The second-order valence-corrected chi connectivity index (χ2v) is 8.83. The van der Waals surface area contributed by atoms with Crippen LogP contribution < -0.4 is 10.1 Å². The summed E-state index contributed by atoms with van der Waals surface area (Å²) in [7, 11) is -3.22. The predicted molar refractivity (Wildman–Crippen MR) is 101 cm³/mol. The molecule has 27 heavy (non-hydrogen) atoms. The summed E-state index contributed by atoms with van der Waals surface area (Å²) < 4.78 is 28.5. The number of fused-ring (bicyclic) bond motifs is 1. The van der Waals surface area contributed by atoms with Crippen molar-refractivity contribution in [2.45, 2.75) is 29.8 Å². The summed E-state index contributed by atoms with van der Waals surface area (Å²) in [5.74, 6) is 0.478. The van der Waals surface area contributed by atoms with Crippen LogP contribution in [-0.2, 0) is 26.7 Å². The Morgan fingerprint density at radius 3 is 2.59 bits per heavy atom. The topological polar surface area (TPSA) is 92.7 Å². The molecule has 1 amide bonds. The average molecular weight is 389 g/mol. The fourth-order valence-corrected chi connectivity index (χ4v) is 3.75. The fourth-order valence-electron chi connectivity index (χ4n) is 3.12. The van der Waals surface area contributed by atoms with Gasteiger partial charge in [-0.3, -0.25) is 4.79 Å². The molecule has 2 N–H and O–H groups in total. The Morgan fingerprint density at radius 1 is 1.19 bits per heavy atom. The van der Waals surface area contributed by atoms with E-state index in [-0.39, 0.29) is 23.8 Å². The van der Waals surface area contributed by atoms with Crippen molar-refractivity contribution in [3.63, 3.8) is 0 Å². The lowest BCUT2D eigenvalue weighted by Gasteiger charge is -2.34. The van der Waals surface area contributed by atoms with Gasteiger partial charge in [0.15, 0.2) is 9.84 Å². The molecule has 0 saturated carbocycles. The molecule has 2 aromatic rings. The summed E-state index contributed by atoms with van der Waals surface area (Å²) in [4.78, 5) is 12.5. The van der Waals surface area contributed by atoms with Gasteiger partial charge in [-0.2, -0.15) is 0 Å². The van der Waals surface area contributed by atoms with Crippen molar-refractivity contribution in [1.29, 1.82) is 0 Å². The molecule has 0 bridgehead atoms. The quantitative estimate of drug-likeness (QED) is 0.786. The number of carbonyl (C=O) groups excluding carboxylic acids is 1. The highest BCUT2D eigenvalue weighted by Gasteiger charge is 2.35. The van der Waals surface area contributed by atoms with Gasteiger partial charge in [0.25, 0.3) is 0 Å². The Bertz CT molecular complexity index is 924. The zero-order valence-corrected chi connectivity index (χ0v) is 16.0. The van der Waals surface area contributed by atoms with Crippen molar-refractivity contribution in [1.82, 2.24) is 5.32 Å². The molecule has 6 nitrogen and oxygen atoms in total. The van der Waals surface area contributed by atoms with Gasteiger partial charge in [0.05, 0.1) is 18.0 Å². The standard InChI is InChI=1S/C20H23NO5S/c1-27(24,25)16-9-6-15(7-10-16)8-11-19(22)21-14-20(23)12-13-26-18-5-3-2-4-17(18)20/h2-7,9-10,23H,8,11-14H2,1H3,(H,21,22). The molecule has 3 rings (SSSR count). The van der Waals surface area contributed by atoms with Crippen molar-refractivity contribution >= 4 is 15.7 Å². The number of ether oxygens (including phenoxy) is 1. The molecule has 1 heterocycles. The largest absolute Gasteiger partial charge is 0.493 e.